The third-order valence-electron chi connectivity index (χ3n) is 2.43. The lowest BCUT2D eigenvalue weighted by molar-refractivity contribution is -0.390. The summed E-state index contributed by atoms with van der Waals surface area (Å²) in [5.41, 5.74) is 6.84. The quantitative estimate of drug-likeness (QED) is 0.664. The van der Waals surface area contributed by atoms with Crippen LogP contribution in [0.3, 0.4) is 0 Å². The molecule has 0 atom stereocenters. The minimum Gasteiger partial charge on any atom is -0.477 e. The number of nitrogens with two attached hydrogens (primary N) is 1. The molecule has 0 fully saturated rings. The summed E-state index contributed by atoms with van der Waals surface area (Å²) in [6.07, 6.45) is 0. The average Bonchev–Trinajstić information content (AvgIpc) is 2.36. The number of rotatable bonds is 4. The molecule has 2 N–H and O–H groups in total. The van der Waals surface area contributed by atoms with Gasteiger partial charge >= 0.3 is 5.82 Å². The fourth-order valence-corrected chi connectivity index (χ4v) is 1.64. The molecule has 2 rings (SSSR count). The van der Waals surface area contributed by atoms with E-state index in [9.17, 15) is 10.1 Å². The smallest absolute Gasteiger partial charge is 0.406 e. The molecule has 0 spiro atoms. The van der Waals surface area contributed by atoms with Gasteiger partial charge < -0.3 is 20.6 Å². The highest BCUT2D eigenvalue weighted by Gasteiger charge is 2.18. The Labute approximate surface area is 114 Å². The molecule has 8 heteroatoms. The summed E-state index contributed by atoms with van der Waals surface area (Å²) in [6.45, 7) is 3.43. The standard InChI is InChI=1S/C12H13N5O3/c1-7-3-4-9(12(15-7)17(18)19)20-6-11-14-8(2)5-10(13)16-11/h3-5H,6H2,1-2H3,(H2,13,14,16). The third kappa shape index (κ3) is 3.16. The average molecular weight is 275 g/mol. The van der Waals surface area contributed by atoms with Gasteiger partial charge in [0.1, 0.15) is 18.1 Å². The van der Waals surface area contributed by atoms with E-state index >= 15 is 0 Å². The van der Waals surface area contributed by atoms with Gasteiger partial charge in [0.05, 0.1) is 0 Å². The van der Waals surface area contributed by atoms with Crippen molar-refractivity contribution in [2.75, 3.05) is 5.73 Å². The lowest BCUT2D eigenvalue weighted by Gasteiger charge is -2.06. The first-order valence-corrected chi connectivity index (χ1v) is 5.80. The summed E-state index contributed by atoms with van der Waals surface area (Å²) in [7, 11) is 0. The molecule has 0 radical (unpaired) electrons. The maximum absolute atomic E-state index is 10.9. The van der Waals surface area contributed by atoms with E-state index in [1.54, 1.807) is 26.0 Å². The highest BCUT2D eigenvalue weighted by Crippen LogP contribution is 2.25. The molecule has 104 valence electrons. The lowest BCUT2D eigenvalue weighted by Crippen LogP contribution is -2.07. The van der Waals surface area contributed by atoms with E-state index in [4.69, 9.17) is 10.5 Å². The number of hydrogen-bond donors (Lipinski definition) is 1. The second-order valence-corrected chi connectivity index (χ2v) is 4.17. The summed E-state index contributed by atoms with van der Waals surface area (Å²) in [5.74, 6) is 0.430. The third-order valence-corrected chi connectivity index (χ3v) is 2.43. The van der Waals surface area contributed by atoms with Crippen molar-refractivity contribution in [2.45, 2.75) is 20.5 Å². The van der Waals surface area contributed by atoms with Gasteiger partial charge in [-0.2, -0.15) is 0 Å². The summed E-state index contributed by atoms with van der Waals surface area (Å²) in [6, 6.07) is 4.76. The highest BCUT2D eigenvalue weighted by atomic mass is 16.6. The van der Waals surface area contributed by atoms with E-state index in [1.165, 1.54) is 6.07 Å². The van der Waals surface area contributed by atoms with Crippen LogP contribution in [0.4, 0.5) is 11.6 Å². The molecular weight excluding hydrogens is 262 g/mol. The fraction of sp³-hybridized carbons (Fsp3) is 0.250. The van der Waals surface area contributed by atoms with Crippen LogP contribution in [-0.4, -0.2) is 19.9 Å². The molecule has 2 aromatic heterocycles. The van der Waals surface area contributed by atoms with E-state index < -0.39 is 4.92 Å². The Morgan fingerprint density at radius 1 is 1.25 bits per heavy atom. The van der Waals surface area contributed by atoms with Gasteiger partial charge in [-0.25, -0.2) is 9.97 Å². The van der Waals surface area contributed by atoms with Crippen LogP contribution >= 0.6 is 0 Å². The molecule has 8 nitrogen and oxygen atoms in total. The second-order valence-electron chi connectivity index (χ2n) is 4.17. The number of hydrogen-bond acceptors (Lipinski definition) is 7. The van der Waals surface area contributed by atoms with E-state index in [0.29, 0.717) is 23.0 Å². The topological polar surface area (TPSA) is 117 Å². The maximum Gasteiger partial charge on any atom is 0.406 e. The number of aromatic nitrogens is 3. The van der Waals surface area contributed by atoms with Crippen molar-refractivity contribution in [1.29, 1.82) is 0 Å². The Kier molecular flexibility index (Phi) is 3.74. The van der Waals surface area contributed by atoms with Gasteiger partial charge in [-0.3, -0.25) is 0 Å². The minimum absolute atomic E-state index is 0.0164. The van der Waals surface area contributed by atoms with E-state index in [2.05, 4.69) is 15.0 Å². The van der Waals surface area contributed by atoms with Crippen molar-refractivity contribution < 1.29 is 9.66 Å². The van der Waals surface area contributed by atoms with Gasteiger partial charge in [-0.05, 0) is 29.0 Å². The van der Waals surface area contributed by atoms with Gasteiger partial charge in [0.2, 0.25) is 5.75 Å². The largest absolute Gasteiger partial charge is 0.477 e. The first-order chi connectivity index (χ1) is 9.45. The Hall–Kier alpha value is -2.77. The Morgan fingerprint density at radius 2 is 2.00 bits per heavy atom. The first kappa shape index (κ1) is 13.7. The highest BCUT2D eigenvalue weighted by molar-refractivity contribution is 5.40. The Balaban J connectivity index is 2.20. The fourth-order valence-electron chi connectivity index (χ4n) is 1.64. The Morgan fingerprint density at radius 3 is 2.65 bits per heavy atom. The number of aryl methyl sites for hydroxylation is 2. The summed E-state index contributed by atoms with van der Waals surface area (Å²) >= 11 is 0. The molecule has 2 heterocycles. The molecule has 0 aliphatic carbocycles. The molecule has 0 amide bonds. The van der Waals surface area contributed by atoms with Crippen molar-refractivity contribution in [2.24, 2.45) is 0 Å². The van der Waals surface area contributed by atoms with Crippen molar-refractivity contribution in [3.05, 3.63) is 45.5 Å². The molecule has 20 heavy (non-hydrogen) atoms. The van der Waals surface area contributed by atoms with Gasteiger partial charge in [-0.15, -0.1) is 0 Å². The number of anilines is 1. The maximum atomic E-state index is 10.9. The van der Waals surface area contributed by atoms with Crippen LogP contribution in [0.5, 0.6) is 5.75 Å². The molecule has 0 aromatic carbocycles. The van der Waals surface area contributed by atoms with Crippen LogP contribution in [0.25, 0.3) is 0 Å². The molecule has 0 saturated carbocycles. The zero-order valence-electron chi connectivity index (χ0n) is 11.0. The molecule has 0 aliphatic heterocycles. The van der Waals surface area contributed by atoms with Gasteiger partial charge in [-0.1, -0.05) is 0 Å². The van der Waals surface area contributed by atoms with Gasteiger partial charge in [0.25, 0.3) is 0 Å². The zero-order chi connectivity index (χ0) is 14.7. The Bertz CT molecular complexity index is 639. The number of ether oxygens (including phenoxy) is 1. The minimum atomic E-state index is -0.589. The van der Waals surface area contributed by atoms with E-state index in [-0.39, 0.29) is 18.2 Å². The van der Waals surface area contributed by atoms with E-state index in [1.807, 2.05) is 0 Å². The predicted molar refractivity (Wildman–Crippen MR) is 71.1 cm³/mol. The van der Waals surface area contributed by atoms with Crippen LogP contribution in [0.1, 0.15) is 17.2 Å². The van der Waals surface area contributed by atoms with Crippen LogP contribution in [-0.2, 0) is 6.61 Å². The molecule has 0 bridgehead atoms. The van der Waals surface area contributed by atoms with Crippen LogP contribution in [0.15, 0.2) is 18.2 Å². The number of nitrogens with zero attached hydrogens (tertiary/aromatic N) is 4. The van der Waals surface area contributed by atoms with Crippen LogP contribution < -0.4 is 10.5 Å². The molecule has 0 aliphatic rings. The van der Waals surface area contributed by atoms with Gasteiger partial charge in [0.15, 0.2) is 5.82 Å². The normalized spacial score (nSPS) is 10.3. The zero-order valence-corrected chi connectivity index (χ0v) is 11.0. The van der Waals surface area contributed by atoms with E-state index in [0.717, 1.165) is 0 Å². The summed E-state index contributed by atoms with van der Waals surface area (Å²) in [4.78, 5) is 22.3. The predicted octanol–water partition coefficient (Wildman–Crippen LogP) is 1.56. The number of pyridine rings is 1. The van der Waals surface area contributed by atoms with Crippen LogP contribution in [0.2, 0.25) is 0 Å². The van der Waals surface area contributed by atoms with Crippen molar-refractivity contribution >= 4 is 11.6 Å². The molecule has 0 saturated heterocycles. The second kappa shape index (κ2) is 5.47. The number of nitrogen functional groups attached to an aromatic ring is 1. The molecule has 0 unspecified atom stereocenters. The van der Waals surface area contributed by atoms with Gasteiger partial charge in [0, 0.05) is 18.7 Å². The lowest BCUT2D eigenvalue weighted by atomic mass is 10.3. The van der Waals surface area contributed by atoms with Crippen LogP contribution in [0, 0.1) is 24.0 Å². The number of nitro groups is 1. The SMILES string of the molecule is Cc1cc(N)nc(COc2ccc(C)nc2[N+](=O)[O-])n1. The van der Waals surface area contributed by atoms with Crippen molar-refractivity contribution in [3.63, 3.8) is 0 Å². The monoisotopic (exact) mass is 275 g/mol. The van der Waals surface area contributed by atoms with Crippen molar-refractivity contribution in [1.82, 2.24) is 15.0 Å². The summed E-state index contributed by atoms with van der Waals surface area (Å²) in [5, 5.41) is 10.9. The van der Waals surface area contributed by atoms with Crippen molar-refractivity contribution in [3.8, 4) is 5.75 Å². The molecular formula is C12H13N5O3. The first-order valence-electron chi connectivity index (χ1n) is 5.80. The molecule has 2 aromatic rings. The summed E-state index contributed by atoms with van der Waals surface area (Å²) < 4.78 is 5.36.